The van der Waals surface area contributed by atoms with Crippen LogP contribution in [0.25, 0.3) is 10.6 Å². The van der Waals surface area contributed by atoms with Gasteiger partial charge in [0.15, 0.2) is 11.8 Å². The number of thiazole rings is 1. The molecular weight excluding hydrogens is 576 g/mol. The Balaban J connectivity index is 2.17. The molecule has 2 aromatic carbocycles. The number of methoxy groups -OCH3 is 1. The predicted molar refractivity (Wildman–Crippen MR) is 119 cm³/mol. The number of halogens is 9. The van der Waals surface area contributed by atoms with E-state index in [-0.39, 0.29) is 16.4 Å². The molecule has 0 unspecified atom stereocenters. The Morgan fingerprint density at radius 3 is 2.29 bits per heavy atom. The van der Waals surface area contributed by atoms with Crippen molar-refractivity contribution in [2.75, 3.05) is 12.4 Å². The smallest absolute Gasteiger partial charge is 0.428 e. The van der Waals surface area contributed by atoms with Gasteiger partial charge in [-0.1, -0.05) is 17.7 Å². The average molecular weight is 589 g/mol. The maximum absolute atomic E-state index is 15.1. The van der Waals surface area contributed by atoms with Crippen LogP contribution < -0.4 is 10.1 Å². The summed E-state index contributed by atoms with van der Waals surface area (Å²) in [6.45, 7) is 0.555. The molecule has 204 valence electrons. The highest BCUT2D eigenvalue weighted by atomic mass is 35.5. The summed E-state index contributed by atoms with van der Waals surface area (Å²) in [7, 11) is 0.780. The Bertz CT molecular complexity index is 1370. The zero-order valence-electron chi connectivity index (χ0n) is 18.9. The number of rotatable bonds is 6. The second-order valence-corrected chi connectivity index (χ2v) is 8.77. The number of anilines is 1. The molecule has 6 nitrogen and oxygen atoms in total. The molecule has 1 heterocycles. The van der Waals surface area contributed by atoms with Gasteiger partial charge >= 0.3 is 18.3 Å². The minimum Gasteiger partial charge on any atom is -0.480 e. The fraction of sp³-hybridized carbons (Fsp3) is 0.227. The van der Waals surface area contributed by atoms with E-state index in [1.54, 1.807) is 0 Å². The van der Waals surface area contributed by atoms with Crippen LogP contribution in [0.4, 0.5) is 40.8 Å². The molecule has 3 rings (SSSR count). The lowest BCUT2D eigenvalue weighted by molar-refractivity contribution is -0.189. The van der Waals surface area contributed by atoms with Crippen molar-refractivity contribution in [2.24, 2.45) is 0 Å². The normalized spacial score (nSPS) is 12.7. The number of hydrogen-bond acceptors (Lipinski definition) is 6. The van der Waals surface area contributed by atoms with Crippen molar-refractivity contribution in [3.8, 4) is 16.3 Å². The molecule has 0 radical (unpaired) electrons. The summed E-state index contributed by atoms with van der Waals surface area (Å²) in [5, 5.41) is 0.926. The fourth-order valence-electron chi connectivity index (χ4n) is 2.91. The maximum atomic E-state index is 15.1. The van der Waals surface area contributed by atoms with E-state index < -0.39 is 80.1 Å². The van der Waals surface area contributed by atoms with Gasteiger partial charge in [-0.2, -0.15) is 26.3 Å². The van der Waals surface area contributed by atoms with E-state index >= 15 is 4.39 Å². The molecule has 1 amide bonds. The Kier molecular flexibility index (Phi) is 8.21. The molecule has 0 saturated carbocycles. The van der Waals surface area contributed by atoms with E-state index in [4.69, 9.17) is 16.3 Å². The number of alkyl halides is 6. The van der Waals surface area contributed by atoms with Gasteiger partial charge in [-0.3, -0.25) is 4.79 Å². The van der Waals surface area contributed by atoms with Crippen molar-refractivity contribution < 1.29 is 54.2 Å². The molecule has 1 N–H and O–H groups in total. The molecule has 0 aliphatic rings. The summed E-state index contributed by atoms with van der Waals surface area (Å²) in [4.78, 5) is 26.5. The van der Waals surface area contributed by atoms with Crippen molar-refractivity contribution in [3.63, 3.8) is 0 Å². The predicted octanol–water partition coefficient (Wildman–Crippen LogP) is 7.13. The number of carbonyl (C=O) groups is 2. The van der Waals surface area contributed by atoms with Gasteiger partial charge in [-0.25, -0.2) is 18.6 Å². The first-order valence-electron chi connectivity index (χ1n) is 10.0. The van der Waals surface area contributed by atoms with Crippen LogP contribution in [0.2, 0.25) is 5.02 Å². The highest BCUT2D eigenvalue weighted by molar-refractivity contribution is 7.15. The fourth-order valence-corrected chi connectivity index (χ4v) is 4.06. The number of para-hydroxylation sites is 1. The Morgan fingerprint density at radius 1 is 1.08 bits per heavy atom. The second kappa shape index (κ2) is 10.7. The topological polar surface area (TPSA) is 77.5 Å². The Morgan fingerprint density at radius 2 is 1.74 bits per heavy atom. The molecule has 0 fully saturated rings. The van der Waals surface area contributed by atoms with Crippen LogP contribution in [0, 0.1) is 11.6 Å². The molecule has 0 aliphatic heterocycles. The third kappa shape index (κ3) is 6.15. The van der Waals surface area contributed by atoms with Gasteiger partial charge in [0.05, 0.1) is 23.4 Å². The molecule has 16 heteroatoms. The third-order valence-corrected chi connectivity index (χ3v) is 6.22. The molecule has 1 aromatic heterocycles. The van der Waals surface area contributed by atoms with Gasteiger partial charge in [0.2, 0.25) is 0 Å². The van der Waals surface area contributed by atoms with Crippen LogP contribution in [0.1, 0.15) is 32.6 Å². The van der Waals surface area contributed by atoms with E-state index in [1.165, 1.54) is 12.1 Å². The van der Waals surface area contributed by atoms with E-state index in [0.717, 1.165) is 13.2 Å². The molecule has 38 heavy (non-hydrogen) atoms. The van der Waals surface area contributed by atoms with Crippen molar-refractivity contribution in [1.29, 1.82) is 0 Å². The van der Waals surface area contributed by atoms with E-state index in [2.05, 4.69) is 9.72 Å². The summed E-state index contributed by atoms with van der Waals surface area (Å²) < 4.78 is 118. The maximum Gasteiger partial charge on any atom is 0.428 e. The summed E-state index contributed by atoms with van der Waals surface area (Å²) in [5.74, 6) is -6.22. The molecular formula is C22H13ClF8N2O4S. The summed E-state index contributed by atoms with van der Waals surface area (Å²) in [6.07, 6.45) is -12.7. The van der Waals surface area contributed by atoms with Gasteiger partial charge in [0.1, 0.15) is 27.3 Å². The lowest BCUT2D eigenvalue weighted by Gasteiger charge is -2.20. The van der Waals surface area contributed by atoms with Gasteiger partial charge < -0.3 is 14.8 Å². The third-order valence-electron chi connectivity index (χ3n) is 4.77. The summed E-state index contributed by atoms with van der Waals surface area (Å²) >= 11 is 5.64. The van der Waals surface area contributed by atoms with E-state index in [9.17, 15) is 40.3 Å². The number of hydrogen-bond donors (Lipinski definition) is 1. The highest BCUT2D eigenvalue weighted by Gasteiger charge is 2.41. The van der Waals surface area contributed by atoms with Crippen LogP contribution in [-0.4, -0.2) is 36.3 Å². The Hall–Kier alpha value is -3.46. The van der Waals surface area contributed by atoms with Gasteiger partial charge in [-0.15, -0.1) is 11.3 Å². The van der Waals surface area contributed by atoms with Gasteiger partial charge in [0.25, 0.3) is 5.91 Å². The second-order valence-electron chi connectivity index (χ2n) is 7.37. The summed E-state index contributed by atoms with van der Waals surface area (Å²) in [6, 6.07) is 4.17. The minimum atomic E-state index is -5.11. The number of ether oxygens (including phenoxy) is 2. The quantitative estimate of drug-likeness (QED) is 0.245. The molecule has 0 bridgehead atoms. The largest absolute Gasteiger partial charge is 0.480 e. The monoisotopic (exact) mass is 588 g/mol. The van der Waals surface area contributed by atoms with Crippen molar-refractivity contribution in [3.05, 3.63) is 63.1 Å². The van der Waals surface area contributed by atoms with Gasteiger partial charge in [-0.05, 0) is 31.2 Å². The van der Waals surface area contributed by atoms with Crippen LogP contribution in [-0.2, 0) is 10.9 Å². The molecule has 3 aromatic rings. The molecule has 0 saturated heterocycles. The van der Waals surface area contributed by atoms with Crippen LogP contribution in [0.3, 0.4) is 0 Å². The van der Waals surface area contributed by atoms with E-state index in [1.807, 2.05) is 5.32 Å². The lowest BCUT2D eigenvalue weighted by atomic mass is 10.1. The van der Waals surface area contributed by atoms with E-state index in [0.29, 0.717) is 19.1 Å². The van der Waals surface area contributed by atoms with Crippen molar-refractivity contribution >= 4 is 40.5 Å². The number of nitrogens with zero attached hydrogens (tertiary/aromatic N) is 1. The van der Waals surface area contributed by atoms with Crippen LogP contribution in [0.5, 0.6) is 5.75 Å². The zero-order chi connectivity index (χ0) is 28.6. The molecule has 1 atom stereocenters. The summed E-state index contributed by atoms with van der Waals surface area (Å²) in [5.41, 5.74) is -3.47. The lowest BCUT2D eigenvalue weighted by Crippen LogP contribution is -2.32. The highest BCUT2D eigenvalue weighted by Crippen LogP contribution is 2.42. The molecule has 0 aliphatic carbocycles. The number of nitrogens with one attached hydrogen (secondary N) is 1. The Labute approximate surface area is 217 Å². The number of amides is 1. The number of carbonyl (C=O) groups excluding carboxylic acids is 2. The molecule has 0 spiro atoms. The van der Waals surface area contributed by atoms with Gasteiger partial charge in [0, 0.05) is 5.56 Å². The van der Waals surface area contributed by atoms with Crippen molar-refractivity contribution in [1.82, 2.24) is 4.98 Å². The average Bonchev–Trinajstić information content (AvgIpc) is 3.27. The zero-order valence-corrected chi connectivity index (χ0v) is 20.4. The number of aromatic nitrogens is 1. The standard InChI is InChI=1S/C22H13ClF8N2O4S/c1-8(21(26,27)28)37-14-7-9(19-33-16(20(35)36-2)17(38-19)22(29,30)31)13(25)6-10(14)18(34)32-15-11(23)4-3-5-12(15)24/h3-8H,1-2H3,(H,32,34)/t8-/m0/s1. The SMILES string of the molecule is COC(=O)c1nc(-c2cc(O[C@@H](C)C(F)(F)F)c(C(=O)Nc3c(F)cccc3Cl)cc2F)sc1C(F)(F)F. The number of benzene rings is 2. The first kappa shape index (κ1) is 29.1. The van der Waals surface area contributed by atoms with Crippen LogP contribution in [0.15, 0.2) is 30.3 Å². The van der Waals surface area contributed by atoms with Crippen LogP contribution >= 0.6 is 22.9 Å². The van der Waals surface area contributed by atoms with Crippen molar-refractivity contribution in [2.45, 2.75) is 25.4 Å². The minimum absolute atomic E-state index is 0.191. The first-order valence-corrected chi connectivity index (χ1v) is 11.2. The first-order chi connectivity index (χ1) is 17.5. The number of esters is 1.